The quantitative estimate of drug-likeness (QED) is 0.871. The second kappa shape index (κ2) is 5.33. The minimum atomic E-state index is -1.18. The van der Waals surface area contributed by atoms with Gasteiger partial charge < -0.3 is 14.0 Å². The van der Waals surface area contributed by atoms with Crippen LogP contribution in [0, 0.1) is 0 Å². The molecular formula is C13H19BClNO3S. The maximum Gasteiger partial charge on any atom is 0.497 e. The molecule has 0 bridgehead atoms. The summed E-state index contributed by atoms with van der Waals surface area (Å²) >= 11 is 6.06. The second-order valence-electron chi connectivity index (χ2n) is 5.88. The van der Waals surface area contributed by atoms with Crippen molar-refractivity contribution in [3.8, 4) is 0 Å². The summed E-state index contributed by atoms with van der Waals surface area (Å²) < 4.78 is 26.3. The first-order valence-corrected chi connectivity index (χ1v) is 8.31. The SMILES string of the molecule is CS(=O)Nc1ccc(Cl)cc1B1OC(C)(C)C(C)(C)O1. The number of hydrogen-bond donors (Lipinski definition) is 1. The highest BCUT2D eigenvalue weighted by atomic mass is 35.5. The summed E-state index contributed by atoms with van der Waals surface area (Å²) in [4.78, 5) is 0. The van der Waals surface area contributed by atoms with Crippen LogP contribution in [0.5, 0.6) is 0 Å². The summed E-state index contributed by atoms with van der Waals surface area (Å²) in [5.74, 6) is 0. The van der Waals surface area contributed by atoms with E-state index in [0.717, 1.165) is 5.46 Å². The molecule has 4 nitrogen and oxygen atoms in total. The Morgan fingerprint density at radius 3 is 2.25 bits per heavy atom. The second-order valence-corrected chi connectivity index (χ2v) is 7.42. The molecule has 1 aliphatic heterocycles. The normalized spacial score (nSPS) is 21.8. The first-order valence-electron chi connectivity index (χ1n) is 6.37. The molecule has 1 saturated heterocycles. The summed E-state index contributed by atoms with van der Waals surface area (Å²) in [6.45, 7) is 7.95. The average Bonchev–Trinajstić information content (AvgIpc) is 2.50. The number of benzene rings is 1. The Morgan fingerprint density at radius 2 is 1.75 bits per heavy atom. The van der Waals surface area contributed by atoms with Gasteiger partial charge in [-0.3, -0.25) is 0 Å². The molecule has 1 N–H and O–H groups in total. The maximum atomic E-state index is 11.4. The monoisotopic (exact) mass is 315 g/mol. The molecule has 0 amide bonds. The van der Waals surface area contributed by atoms with E-state index in [1.165, 1.54) is 0 Å². The van der Waals surface area contributed by atoms with Crippen molar-refractivity contribution in [1.29, 1.82) is 0 Å². The minimum absolute atomic E-state index is 0.428. The molecule has 1 aliphatic rings. The Balaban J connectivity index is 2.38. The van der Waals surface area contributed by atoms with Gasteiger partial charge >= 0.3 is 7.12 Å². The van der Waals surface area contributed by atoms with E-state index >= 15 is 0 Å². The Labute approximate surface area is 127 Å². The van der Waals surface area contributed by atoms with Crippen LogP contribution in [-0.4, -0.2) is 28.8 Å². The van der Waals surface area contributed by atoms with Gasteiger partial charge in [0.1, 0.15) is 11.0 Å². The topological polar surface area (TPSA) is 47.6 Å². The van der Waals surface area contributed by atoms with Crippen molar-refractivity contribution in [3.63, 3.8) is 0 Å². The van der Waals surface area contributed by atoms with E-state index in [1.807, 2.05) is 27.7 Å². The van der Waals surface area contributed by atoms with E-state index in [9.17, 15) is 4.21 Å². The predicted molar refractivity (Wildman–Crippen MR) is 84.9 cm³/mol. The zero-order valence-electron chi connectivity index (χ0n) is 12.3. The molecule has 0 spiro atoms. The van der Waals surface area contributed by atoms with Crippen LogP contribution in [0.1, 0.15) is 27.7 Å². The summed E-state index contributed by atoms with van der Waals surface area (Å²) in [7, 11) is -1.71. The summed E-state index contributed by atoms with van der Waals surface area (Å²) in [5.41, 5.74) is 0.602. The van der Waals surface area contributed by atoms with Gasteiger partial charge in [-0.1, -0.05) is 11.6 Å². The molecule has 1 unspecified atom stereocenters. The van der Waals surface area contributed by atoms with Gasteiger partial charge in [0, 0.05) is 22.4 Å². The molecule has 20 heavy (non-hydrogen) atoms. The van der Waals surface area contributed by atoms with Crippen LogP contribution in [0.2, 0.25) is 5.02 Å². The first kappa shape index (κ1) is 15.8. The van der Waals surface area contributed by atoms with Crippen LogP contribution in [-0.2, 0) is 20.3 Å². The van der Waals surface area contributed by atoms with E-state index in [0.29, 0.717) is 10.7 Å². The fourth-order valence-electron chi connectivity index (χ4n) is 1.95. The number of nitrogens with one attached hydrogen (secondary N) is 1. The fraction of sp³-hybridized carbons (Fsp3) is 0.538. The van der Waals surface area contributed by atoms with Gasteiger partial charge in [-0.05, 0) is 45.9 Å². The molecule has 0 radical (unpaired) electrons. The zero-order valence-corrected chi connectivity index (χ0v) is 13.9. The van der Waals surface area contributed by atoms with E-state index < -0.39 is 29.3 Å². The standard InChI is InChI=1S/C13H19BClNO3S/c1-12(2)13(3,4)19-14(18-12)10-8-9(15)6-7-11(10)16-20(5)17/h6-8,16H,1-5H3. The van der Waals surface area contributed by atoms with Crippen molar-refractivity contribution in [2.45, 2.75) is 38.9 Å². The van der Waals surface area contributed by atoms with Crippen molar-refractivity contribution < 1.29 is 13.5 Å². The van der Waals surface area contributed by atoms with Crippen LogP contribution in [0.25, 0.3) is 0 Å². The number of anilines is 1. The third-order valence-corrected chi connectivity index (χ3v) is 4.52. The van der Waals surface area contributed by atoms with Gasteiger partial charge in [-0.25, -0.2) is 4.21 Å². The lowest BCUT2D eigenvalue weighted by atomic mass is 9.78. The van der Waals surface area contributed by atoms with Gasteiger partial charge in [0.2, 0.25) is 0 Å². The molecule has 0 aromatic heterocycles. The Morgan fingerprint density at radius 1 is 1.20 bits per heavy atom. The molecule has 110 valence electrons. The molecule has 0 aliphatic carbocycles. The summed E-state index contributed by atoms with van der Waals surface area (Å²) in [6.07, 6.45) is 1.57. The van der Waals surface area contributed by atoms with Gasteiger partial charge in [-0.15, -0.1) is 0 Å². The van der Waals surface area contributed by atoms with Crippen molar-refractivity contribution >= 4 is 40.9 Å². The number of rotatable bonds is 3. The Bertz CT molecular complexity index is 534. The lowest BCUT2D eigenvalue weighted by Gasteiger charge is -2.32. The molecule has 1 fully saturated rings. The highest BCUT2D eigenvalue weighted by Gasteiger charge is 2.52. The molecule has 1 atom stereocenters. The fourth-order valence-corrected chi connectivity index (χ4v) is 2.62. The van der Waals surface area contributed by atoms with Gasteiger partial charge in [0.25, 0.3) is 0 Å². The van der Waals surface area contributed by atoms with E-state index in [1.54, 1.807) is 24.5 Å². The van der Waals surface area contributed by atoms with Gasteiger partial charge in [-0.2, -0.15) is 0 Å². The van der Waals surface area contributed by atoms with Crippen molar-refractivity contribution in [2.75, 3.05) is 11.0 Å². The Hall–Kier alpha value is -0.555. The average molecular weight is 316 g/mol. The largest absolute Gasteiger partial charge is 0.497 e. The highest BCUT2D eigenvalue weighted by Crippen LogP contribution is 2.37. The highest BCUT2D eigenvalue weighted by molar-refractivity contribution is 7.85. The van der Waals surface area contributed by atoms with E-state index in [2.05, 4.69) is 4.72 Å². The lowest BCUT2D eigenvalue weighted by Crippen LogP contribution is -2.41. The van der Waals surface area contributed by atoms with Crippen molar-refractivity contribution in [3.05, 3.63) is 23.2 Å². The van der Waals surface area contributed by atoms with Crippen LogP contribution in [0.4, 0.5) is 5.69 Å². The molecule has 1 aromatic carbocycles. The third-order valence-electron chi connectivity index (χ3n) is 3.77. The van der Waals surface area contributed by atoms with Crippen molar-refractivity contribution in [1.82, 2.24) is 0 Å². The first-order chi connectivity index (χ1) is 9.12. The molecule has 2 rings (SSSR count). The third kappa shape index (κ3) is 3.03. The lowest BCUT2D eigenvalue weighted by molar-refractivity contribution is 0.00578. The predicted octanol–water partition coefficient (Wildman–Crippen LogP) is 2.34. The summed E-state index contributed by atoms with van der Waals surface area (Å²) in [5, 5.41) is 0.585. The number of halogens is 1. The van der Waals surface area contributed by atoms with Gasteiger partial charge in [0.05, 0.1) is 11.2 Å². The molecule has 7 heteroatoms. The van der Waals surface area contributed by atoms with E-state index in [-0.39, 0.29) is 0 Å². The zero-order chi connectivity index (χ0) is 15.1. The van der Waals surface area contributed by atoms with Crippen LogP contribution in [0.15, 0.2) is 18.2 Å². The molecular weight excluding hydrogens is 296 g/mol. The van der Waals surface area contributed by atoms with Crippen LogP contribution < -0.4 is 10.2 Å². The van der Waals surface area contributed by atoms with E-state index in [4.69, 9.17) is 20.9 Å². The molecule has 1 heterocycles. The number of hydrogen-bond acceptors (Lipinski definition) is 3. The summed E-state index contributed by atoms with van der Waals surface area (Å²) in [6, 6.07) is 5.30. The smallest absolute Gasteiger partial charge is 0.399 e. The van der Waals surface area contributed by atoms with Crippen LogP contribution in [0.3, 0.4) is 0 Å². The molecule has 1 aromatic rings. The van der Waals surface area contributed by atoms with Crippen LogP contribution >= 0.6 is 11.6 Å². The molecule has 0 saturated carbocycles. The van der Waals surface area contributed by atoms with Crippen molar-refractivity contribution in [2.24, 2.45) is 0 Å². The minimum Gasteiger partial charge on any atom is -0.399 e. The Kier molecular flexibility index (Phi) is 4.22. The maximum absolute atomic E-state index is 11.4. The van der Waals surface area contributed by atoms with Gasteiger partial charge in [0.15, 0.2) is 0 Å².